The summed E-state index contributed by atoms with van der Waals surface area (Å²) in [7, 11) is 0. The fraction of sp³-hybridized carbons (Fsp3) is 0.692. The molecule has 2 aliphatic rings. The fourth-order valence-electron chi connectivity index (χ4n) is 2.70. The summed E-state index contributed by atoms with van der Waals surface area (Å²) in [5, 5.41) is 3.62. The van der Waals surface area contributed by atoms with E-state index < -0.39 is 0 Å². The number of hydrogen-bond donors (Lipinski definition) is 1. The van der Waals surface area contributed by atoms with E-state index in [2.05, 4.69) is 31.1 Å². The third-order valence-electron chi connectivity index (χ3n) is 3.63. The van der Waals surface area contributed by atoms with E-state index in [1.807, 2.05) is 6.20 Å². The Kier molecular flexibility index (Phi) is 2.08. The normalized spacial score (nSPS) is 27.9. The van der Waals surface area contributed by atoms with Crippen molar-refractivity contribution in [1.29, 1.82) is 0 Å². The molecule has 0 saturated carbocycles. The smallest absolute Gasteiger partial charge is 0.133 e. The molecule has 2 aliphatic heterocycles. The largest absolute Gasteiger partial charge is 0.307 e. The molecule has 1 aromatic heterocycles. The van der Waals surface area contributed by atoms with E-state index in [1.54, 1.807) is 0 Å². The number of nitrogens with zero attached hydrogens (tertiary/aromatic N) is 2. The molecule has 1 N–H and O–H groups in total. The fourth-order valence-corrected chi connectivity index (χ4v) is 2.70. The summed E-state index contributed by atoms with van der Waals surface area (Å²) in [4.78, 5) is 9.30. The second-order valence-corrected chi connectivity index (χ2v) is 6.04. The molecule has 3 rings (SSSR count). The lowest BCUT2D eigenvalue weighted by Gasteiger charge is -2.25. The van der Waals surface area contributed by atoms with Crippen LogP contribution in [0.3, 0.4) is 0 Å². The Balaban J connectivity index is 2.04. The maximum atomic E-state index is 4.77. The summed E-state index contributed by atoms with van der Waals surface area (Å²) in [6.45, 7) is 6.51. The molecule has 1 saturated heterocycles. The maximum Gasteiger partial charge on any atom is 0.133 e. The standard InChI is InChI=1S/C13H19N3/c1-13(2,3)12-14-7-9-10-5-4-8(15-10)6-11(9)16-12/h7-8,10,15H,4-6H2,1-3H3/t8-,10-/m1/s1. The van der Waals surface area contributed by atoms with Crippen LogP contribution in [0, 0.1) is 0 Å². The predicted octanol–water partition coefficient (Wildman–Crippen LogP) is 2.12. The monoisotopic (exact) mass is 217 g/mol. The summed E-state index contributed by atoms with van der Waals surface area (Å²) in [6.07, 6.45) is 5.65. The van der Waals surface area contributed by atoms with Crippen LogP contribution in [-0.4, -0.2) is 16.0 Å². The zero-order chi connectivity index (χ0) is 11.3. The van der Waals surface area contributed by atoms with Gasteiger partial charge in [0.15, 0.2) is 0 Å². The van der Waals surface area contributed by atoms with Crippen molar-refractivity contribution in [1.82, 2.24) is 15.3 Å². The first kappa shape index (κ1) is 10.2. The average molecular weight is 217 g/mol. The molecule has 2 bridgehead atoms. The highest BCUT2D eigenvalue weighted by Gasteiger charge is 2.34. The SMILES string of the molecule is CC(C)(C)c1ncc2c(n1)C[C@H]1CC[C@H]2N1. The predicted molar refractivity (Wildman–Crippen MR) is 63.3 cm³/mol. The van der Waals surface area contributed by atoms with Crippen LogP contribution in [0.5, 0.6) is 0 Å². The first-order valence-electron chi connectivity index (χ1n) is 6.16. The van der Waals surface area contributed by atoms with Crippen LogP contribution in [0.25, 0.3) is 0 Å². The molecular formula is C13H19N3. The first-order chi connectivity index (χ1) is 7.54. The van der Waals surface area contributed by atoms with Crippen molar-refractivity contribution >= 4 is 0 Å². The molecule has 2 atom stereocenters. The van der Waals surface area contributed by atoms with E-state index >= 15 is 0 Å². The van der Waals surface area contributed by atoms with Gasteiger partial charge in [-0.15, -0.1) is 0 Å². The van der Waals surface area contributed by atoms with Crippen LogP contribution in [-0.2, 0) is 11.8 Å². The van der Waals surface area contributed by atoms with E-state index in [0.29, 0.717) is 12.1 Å². The van der Waals surface area contributed by atoms with Crippen LogP contribution in [0.4, 0.5) is 0 Å². The molecule has 0 aliphatic carbocycles. The van der Waals surface area contributed by atoms with Gasteiger partial charge in [0.2, 0.25) is 0 Å². The molecule has 0 amide bonds. The van der Waals surface area contributed by atoms with E-state index in [0.717, 1.165) is 12.2 Å². The van der Waals surface area contributed by atoms with Gasteiger partial charge in [0, 0.05) is 35.7 Å². The molecule has 3 nitrogen and oxygen atoms in total. The topological polar surface area (TPSA) is 37.8 Å². The lowest BCUT2D eigenvalue weighted by Crippen LogP contribution is -2.33. The summed E-state index contributed by atoms with van der Waals surface area (Å²) in [5.41, 5.74) is 2.67. The van der Waals surface area contributed by atoms with Crippen molar-refractivity contribution in [3.05, 3.63) is 23.3 Å². The highest BCUT2D eigenvalue weighted by Crippen LogP contribution is 2.35. The Labute approximate surface area is 96.7 Å². The number of hydrogen-bond acceptors (Lipinski definition) is 3. The van der Waals surface area contributed by atoms with Crippen molar-refractivity contribution in [2.24, 2.45) is 0 Å². The van der Waals surface area contributed by atoms with Gasteiger partial charge in [-0.05, 0) is 12.8 Å². The number of fused-ring (bicyclic) bond motifs is 4. The third kappa shape index (κ3) is 1.54. The summed E-state index contributed by atoms with van der Waals surface area (Å²) < 4.78 is 0. The quantitative estimate of drug-likeness (QED) is 0.723. The van der Waals surface area contributed by atoms with E-state index in [1.165, 1.54) is 24.1 Å². The van der Waals surface area contributed by atoms with Gasteiger partial charge in [0.25, 0.3) is 0 Å². The van der Waals surface area contributed by atoms with Crippen LogP contribution < -0.4 is 5.32 Å². The van der Waals surface area contributed by atoms with E-state index in [9.17, 15) is 0 Å². The lowest BCUT2D eigenvalue weighted by atomic mass is 9.94. The Morgan fingerprint density at radius 3 is 2.88 bits per heavy atom. The summed E-state index contributed by atoms with van der Waals surface area (Å²) >= 11 is 0. The molecule has 0 spiro atoms. The van der Waals surface area contributed by atoms with Gasteiger partial charge in [-0.25, -0.2) is 9.97 Å². The van der Waals surface area contributed by atoms with Gasteiger partial charge >= 0.3 is 0 Å². The van der Waals surface area contributed by atoms with Gasteiger partial charge in [0.1, 0.15) is 5.82 Å². The third-order valence-corrected chi connectivity index (χ3v) is 3.63. The lowest BCUT2D eigenvalue weighted by molar-refractivity contribution is 0.485. The molecule has 0 aromatic carbocycles. The van der Waals surface area contributed by atoms with Gasteiger partial charge in [-0.3, -0.25) is 0 Å². The van der Waals surface area contributed by atoms with Crippen LogP contribution >= 0.6 is 0 Å². The minimum atomic E-state index is 0.0545. The van der Waals surface area contributed by atoms with Crippen molar-refractivity contribution < 1.29 is 0 Å². The molecule has 16 heavy (non-hydrogen) atoms. The summed E-state index contributed by atoms with van der Waals surface area (Å²) in [5.74, 6) is 0.979. The first-order valence-corrected chi connectivity index (χ1v) is 6.16. The molecule has 86 valence electrons. The second-order valence-electron chi connectivity index (χ2n) is 6.04. The van der Waals surface area contributed by atoms with Crippen LogP contribution in [0.1, 0.15) is 56.7 Å². The highest BCUT2D eigenvalue weighted by molar-refractivity contribution is 5.29. The number of nitrogens with one attached hydrogen (secondary N) is 1. The number of aromatic nitrogens is 2. The van der Waals surface area contributed by atoms with Gasteiger partial charge < -0.3 is 5.32 Å². The van der Waals surface area contributed by atoms with Crippen LogP contribution in [0.15, 0.2) is 6.20 Å². The summed E-state index contributed by atoms with van der Waals surface area (Å²) in [6, 6.07) is 1.17. The average Bonchev–Trinajstić information content (AvgIpc) is 2.59. The molecule has 0 unspecified atom stereocenters. The van der Waals surface area contributed by atoms with Crippen LogP contribution in [0.2, 0.25) is 0 Å². The molecule has 0 radical (unpaired) electrons. The Hall–Kier alpha value is -0.960. The molecule has 3 heterocycles. The molecule has 1 fully saturated rings. The van der Waals surface area contributed by atoms with Crippen molar-refractivity contribution in [3.63, 3.8) is 0 Å². The molecule has 1 aromatic rings. The van der Waals surface area contributed by atoms with E-state index in [4.69, 9.17) is 4.98 Å². The molecule has 3 heteroatoms. The zero-order valence-corrected chi connectivity index (χ0v) is 10.2. The molecular weight excluding hydrogens is 198 g/mol. The maximum absolute atomic E-state index is 4.77. The van der Waals surface area contributed by atoms with Gasteiger partial charge in [-0.1, -0.05) is 20.8 Å². The van der Waals surface area contributed by atoms with Gasteiger partial charge in [-0.2, -0.15) is 0 Å². The minimum Gasteiger partial charge on any atom is -0.307 e. The Morgan fingerprint density at radius 2 is 2.12 bits per heavy atom. The van der Waals surface area contributed by atoms with Crippen molar-refractivity contribution in [2.45, 2.75) is 57.5 Å². The van der Waals surface area contributed by atoms with Gasteiger partial charge in [0.05, 0.1) is 5.69 Å². The van der Waals surface area contributed by atoms with Crippen molar-refractivity contribution in [3.8, 4) is 0 Å². The van der Waals surface area contributed by atoms with E-state index in [-0.39, 0.29) is 5.41 Å². The number of rotatable bonds is 0. The Bertz CT molecular complexity index is 420. The van der Waals surface area contributed by atoms with Crippen molar-refractivity contribution in [2.75, 3.05) is 0 Å². The zero-order valence-electron chi connectivity index (χ0n) is 10.2. The Morgan fingerprint density at radius 1 is 1.31 bits per heavy atom. The minimum absolute atomic E-state index is 0.0545. The highest BCUT2D eigenvalue weighted by atomic mass is 15.0. The second kappa shape index (κ2) is 3.27.